The van der Waals surface area contributed by atoms with Crippen LogP contribution in [0.2, 0.25) is 5.02 Å². The highest BCUT2D eigenvalue weighted by Crippen LogP contribution is 2.29. The van der Waals surface area contributed by atoms with Gasteiger partial charge in [0.1, 0.15) is 0 Å². The molecule has 0 heterocycles. The Morgan fingerprint density at radius 1 is 0.828 bits per heavy atom. The van der Waals surface area contributed by atoms with Crippen LogP contribution in [0.25, 0.3) is 0 Å². The van der Waals surface area contributed by atoms with E-state index in [9.17, 15) is 14.4 Å². The molecule has 4 nitrogen and oxygen atoms in total. The van der Waals surface area contributed by atoms with Crippen molar-refractivity contribution in [3.05, 3.63) is 94.0 Å². The highest BCUT2D eigenvalue weighted by Gasteiger charge is 2.29. The molecule has 0 spiro atoms. The number of benzene rings is 3. The SMILES string of the molecule is O=C(CCSc1ccc(Cl)cc1)Nc1ccc2c(c1)C(=O)c1ccccc1C2=O. The van der Waals surface area contributed by atoms with Crippen molar-refractivity contribution in [1.29, 1.82) is 0 Å². The lowest BCUT2D eigenvalue weighted by molar-refractivity contribution is -0.115. The van der Waals surface area contributed by atoms with Crippen LogP contribution in [-0.2, 0) is 4.79 Å². The minimum Gasteiger partial charge on any atom is -0.326 e. The fourth-order valence-electron chi connectivity index (χ4n) is 3.19. The van der Waals surface area contributed by atoms with Crippen molar-refractivity contribution in [2.45, 2.75) is 11.3 Å². The molecular weight excluding hydrogens is 406 g/mol. The Balaban J connectivity index is 1.42. The van der Waals surface area contributed by atoms with E-state index in [0.29, 0.717) is 45.1 Å². The summed E-state index contributed by atoms with van der Waals surface area (Å²) in [4.78, 5) is 38.7. The molecule has 1 aliphatic rings. The zero-order valence-electron chi connectivity index (χ0n) is 15.3. The summed E-state index contributed by atoms with van der Waals surface area (Å²) in [7, 11) is 0. The van der Waals surface area contributed by atoms with Gasteiger partial charge in [-0.25, -0.2) is 0 Å². The van der Waals surface area contributed by atoms with E-state index < -0.39 is 0 Å². The maximum atomic E-state index is 12.8. The molecule has 1 aliphatic carbocycles. The van der Waals surface area contributed by atoms with Crippen molar-refractivity contribution >= 4 is 46.5 Å². The Kier molecular flexibility index (Phi) is 5.51. The third kappa shape index (κ3) is 4.11. The van der Waals surface area contributed by atoms with E-state index in [4.69, 9.17) is 11.6 Å². The molecule has 3 aromatic carbocycles. The molecule has 3 aromatic rings. The van der Waals surface area contributed by atoms with Crippen LogP contribution in [0.5, 0.6) is 0 Å². The topological polar surface area (TPSA) is 63.2 Å². The van der Waals surface area contributed by atoms with E-state index in [1.54, 1.807) is 54.2 Å². The molecule has 6 heteroatoms. The molecule has 0 fully saturated rings. The van der Waals surface area contributed by atoms with Crippen LogP contribution in [0.3, 0.4) is 0 Å². The normalized spacial score (nSPS) is 12.3. The lowest BCUT2D eigenvalue weighted by Crippen LogP contribution is -2.21. The molecule has 0 saturated heterocycles. The van der Waals surface area contributed by atoms with Crippen LogP contribution in [-0.4, -0.2) is 23.2 Å². The summed E-state index contributed by atoms with van der Waals surface area (Å²) in [6.07, 6.45) is 0.320. The molecule has 0 aromatic heterocycles. The number of halogens is 1. The van der Waals surface area contributed by atoms with Crippen LogP contribution in [0, 0.1) is 0 Å². The number of hydrogen-bond donors (Lipinski definition) is 1. The van der Waals surface area contributed by atoms with Gasteiger partial charge in [-0.1, -0.05) is 35.9 Å². The summed E-state index contributed by atoms with van der Waals surface area (Å²) >= 11 is 7.43. The Morgan fingerprint density at radius 2 is 1.45 bits per heavy atom. The molecular formula is C23H16ClNO3S. The van der Waals surface area contributed by atoms with Crippen LogP contribution >= 0.6 is 23.4 Å². The van der Waals surface area contributed by atoms with Gasteiger partial charge in [0.15, 0.2) is 11.6 Å². The molecule has 144 valence electrons. The van der Waals surface area contributed by atoms with Crippen molar-refractivity contribution in [1.82, 2.24) is 0 Å². The van der Waals surface area contributed by atoms with Crippen LogP contribution in [0.1, 0.15) is 38.3 Å². The molecule has 0 atom stereocenters. The fourth-order valence-corrected chi connectivity index (χ4v) is 4.17. The van der Waals surface area contributed by atoms with E-state index in [2.05, 4.69) is 5.32 Å². The summed E-state index contributed by atoms with van der Waals surface area (Å²) < 4.78 is 0. The number of nitrogens with one attached hydrogen (secondary N) is 1. The molecule has 4 rings (SSSR count). The first kappa shape index (κ1) is 19.4. The van der Waals surface area contributed by atoms with Crippen LogP contribution < -0.4 is 5.32 Å². The smallest absolute Gasteiger partial charge is 0.225 e. The van der Waals surface area contributed by atoms with E-state index >= 15 is 0 Å². The summed E-state index contributed by atoms with van der Waals surface area (Å²) in [6, 6.07) is 19.1. The second-order valence-electron chi connectivity index (χ2n) is 6.56. The number of carbonyl (C=O) groups is 3. The average molecular weight is 422 g/mol. The van der Waals surface area contributed by atoms with Crippen molar-refractivity contribution in [3.63, 3.8) is 0 Å². The fraction of sp³-hybridized carbons (Fsp3) is 0.0870. The zero-order valence-corrected chi connectivity index (χ0v) is 16.8. The Morgan fingerprint density at radius 3 is 2.14 bits per heavy atom. The monoisotopic (exact) mass is 421 g/mol. The van der Waals surface area contributed by atoms with E-state index in [0.717, 1.165) is 4.90 Å². The number of thioether (sulfide) groups is 1. The molecule has 0 bridgehead atoms. The third-order valence-corrected chi connectivity index (χ3v) is 5.89. The maximum absolute atomic E-state index is 12.8. The highest BCUT2D eigenvalue weighted by molar-refractivity contribution is 7.99. The van der Waals surface area contributed by atoms with E-state index in [-0.39, 0.29) is 17.5 Å². The molecule has 29 heavy (non-hydrogen) atoms. The molecule has 0 aliphatic heterocycles. The summed E-state index contributed by atoms with van der Waals surface area (Å²) in [5.74, 6) is 0.0851. The number of amides is 1. The number of hydrogen-bond acceptors (Lipinski definition) is 4. The van der Waals surface area contributed by atoms with Gasteiger partial charge in [0.05, 0.1) is 0 Å². The number of fused-ring (bicyclic) bond motifs is 2. The van der Waals surface area contributed by atoms with Gasteiger partial charge in [0, 0.05) is 50.0 Å². The van der Waals surface area contributed by atoms with Crippen LogP contribution in [0.15, 0.2) is 71.6 Å². The lowest BCUT2D eigenvalue weighted by atomic mass is 9.84. The van der Waals surface area contributed by atoms with E-state index in [1.807, 2.05) is 24.3 Å². The predicted molar refractivity (Wildman–Crippen MR) is 115 cm³/mol. The average Bonchev–Trinajstić information content (AvgIpc) is 2.73. The van der Waals surface area contributed by atoms with Gasteiger partial charge in [0.25, 0.3) is 0 Å². The number of rotatable bonds is 5. The van der Waals surface area contributed by atoms with Crippen molar-refractivity contribution in [3.8, 4) is 0 Å². The van der Waals surface area contributed by atoms with Gasteiger partial charge in [-0.15, -0.1) is 11.8 Å². The van der Waals surface area contributed by atoms with Crippen LogP contribution in [0.4, 0.5) is 5.69 Å². The first-order valence-corrected chi connectivity index (χ1v) is 10.4. The quantitative estimate of drug-likeness (QED) is 0.448. The van der Waals surface area contributed by atoms with Gasteiger partial charge in [-0.05, 0) is 42.5 Å². The second kappa shape index (κ2) is 8.23. The second-order valence-corrected chi connectivity index (χ2v) is 8.17. The minimum atomic E-state index is -0.204. The molecule has 0 saturated carbocycles. The van der Waals surface area contributed by atoms with Crippen molar-refractivity contribution < 1.29 is 14.4 Å². The summed E-state index contributed by atoms with van der Waals surface area (Å²) in [5, 5.41) is 3.49. The first-order chi connectivity index (χ1) is 14.0. The molecule has 1 N–H and O–H groups in total. The molecule has 0 radical (unpaired) electrons. The van der Waals surface area contributed by atoms with Gasteiger partial charge in [-0.2, -0.15) is 0 Å². The Labute approximate surface area is 177 Å². The zero-order chi connectivity index (χ0) is 20.4. The number of carbonyl (C=O) groups excluding carboxylic acids is 3. The first-order valence-electron chi connectivity index (χ1n) is 9.03. The maximum Gasteiger partial charge on any atom is 0.225 e. The van der Waals surface area contributed by atoms with E-state index in [1.165, 1.54) is 0 Å². The molecule has 0 unspecified atom stereocenters. The summed E-state index contributed by atoms with van der Waals surface area (Å²) in [5.41, 5.74) is 2.01. The minimum absolute atomic E-state index is 0.151. The van der Waals surface area contributed by atoms with Gasteiger partial charge in [-0.3, -0.25) is 14.4 Å². The van der Waals surface area contributed by atoms with Crippen molar-refractivity contribution in [2.24, 2.45) is 0 Å². The third-order valence-electron chi connectivity index (χ3n) is 4.62. The number of ketones is 2. The number of anilines is 1. The Bertz CT molecular complexity index is 1130. The Hall–Kier alpha value is -2.89. The van der Waals surface area contributed by atoms with Crippen molar-refractivity contribution in [2.75, 3.05) is 11.1 Å². The summed E-state index contributed by atoms with van der Waals surface area (Å²) in [6.45, 7) is 0. The van der Waals surface area contributed by atoms with Gasteiger partial charge in [0.2, 0.25) is 5.91 Å². The lowest BCUT2D eigenvalue weighted by Gasteiger charge is -2.18. The largest absolute Gasteiger partial charge is 0.326 e. The van der Waals surface area contributed by atoms with Gasteiger partial charge >= 0.3 is 0 Å². The molecule has 1 amide bonds. The van der Waals surface area contributed by atoms with Gasteiger partial charge < -0.3 is 5.32 Å². The predicted octanol–water partition coefficient (Wildman–Crippen LogP) is 5.24. The standard InChI is InChI=1S/C23H16ClNO3S/c24-14-5-8-16(9-6-14)29-12-11-21(26)25-15-7-10-19-20(13-15)23(28)18-4-2-1-3-17(18)22(19)27/h1-10,13H,11-12H2,(H,25,26). The highest BCUT2D eigenvalue weighted by atomic mass is 35.5.